The number of carbonyl (C=O) groups is 6. The summed E-state index contributed by atoms with van der Waals surface area (Å²) in [5.74, 6) is -10.4. The molecule has 0 fully saturated rings. The average molecular weight is 561 g/mol. The molecule has 37 heavy (non-hydrogen) atoms. The maximum atomic E-state index is 12.6. The molecule has 16 nitrogen and oxygen atoms in total. The standard InChI is InChI=1S/C18H29N3O13.3Na/c1-6(22)11(14(27)28)19-9(25)4-18(34,17(33)21-13(8(3)24)16(31)32)5-10(26)20-12(7(2)23)15(29)30;;;/h6-8,11-13,22-24,34H,4-5H2,1-3H3,(H,19,25)(H,20,26)(H,21,33)(H,27,28)(H,29,30)(H,31,32);;;/q;3*+1/p-3. The molecular formula is C18H26N3Na3O13. The van der Waals surface area contributed by atoms with Gasteiger partial charge < -0.3 is 66.1 Å². The maximum absolute atomic E-state index is 12.6. The van der Waals surface area contributed by atoms with Gasteiger partial charge in [0.05, 0.1) is 67.2 Å². The summed E-state index contributed by atoms with van der Waals surface area (Å²) >= 11 is 0. The minimum absolute atomic E-state index is 0. The van der Waals surface area contributed by atoms with Crippen molar-refractivity contribution in [3.05, 3.63) is 0 Å². The van der Waals surface area contributed by atoms with Gasteiger partial charge in [0.2, 0.25) is 11.8 Å². The third kappa shape index (κ3) is 15.1. The quantitative estimate of drug-likeness (QED) is 0.0971. The van der Waals surface area contributed by atoms with Crippen molar-refractivity contribution in [1.82, 2.24) is 16.0 Å². The number of hydrogen-bond donors (Lipinski definition) is 7. The summed E-state index contributed by atoms with van der Waals surface area (Å²) in [5, 5.41) is 77.3. The number of aliphatic hydroxyl groups is 4. The molecule has 0 spiro atoms. The number of rotatable bonds is 14. The van der Waals surface area contributed by atoms with Gasteiger partial charge in [-0.25, -0.2) is 0 Å². The minimum atomic E-state index is -3.14. The first-order valence-corrected chi connectivity index (χ1v) is 9.71. The molecule has 19 heteroatoms. The molecule has 0 saturated heterocycles. The van der Waals surface area contributed by atoms with E-state index in [1.54, 1.807) is 16.0 Å². The van der Waals surface area contributed by atoms with Crippen LogP contribution in [0.3, 0.4) is 0 Å². The summed E-state index contributed by atoms with van der Waals surface area (Å²) in [7, 11) is 0. The van der Waals surface area contributed by atoms with E-state index in [4.69, 9.17) is 0 Å². The zero-order valence-corrected chi connectivity index (χ0v) is 27.3. The maximum Gasteiger partial charge on any atom is 1.00 e. The molecule has 194 valence electrons. The Bertz CT molecular complexity index is 769. The van der Waals surface area contributed by atoms with E-state index in [1.807, 2.05) is 0 Å². The number of hydrogen-bond acceptors (Lipinski definition) is 13. The summed E-state index contributed by atoms with van der Waals surface area (Å²) in [5.41, 5.74) is -3.14. The largest absolute Gasteiger partial charge is 1.00 e. The fourth-order valence-electron chi connectivity index (χ4n) is 2.61. The van der Waals surface area contributed by atoms with Gasteiger partial charge in [-0.2, -0.15) is 0 Å². The van der Waals surface area contributed by atoms with Gasteiger partial charge in [-0.1, -0.05) is 0 Å². The smallest absolute Gasteiger partial charge is 0.548 e. The summed E-state index contributed by atoms with van der Waals surface area (Å²) in [6.45, 7) is 2.87. The van der Waals surface area contributed by atoms with Crippen LogP contribution < -0.4 is 120 Å². The fraction of sp³-hybridized carbons (Fsp3) is 0.667. The molecule has 0 aromatic carbocycles. The molecule has 6 unspecified atom stereocenters. The second kappa shape index (κ2) is 19.7. The van der Waals surface area contributed by atoms with Crippen LogP contribution in [0.1, 0.15) is 33.6 Å². The number of aliphatic hydroxyl groups excluding tert-OH is 3. The number of amides is 3. The predicted octanol–water partition coefficient (Wildman–Crippen LogP) is -17.6. The molecule has 0 heterocycles. The van der Waals surface area contributed by atoms with Crippen LogP contribution in [0.25, 0.3) is 0 Å². The zero-order chi connectivity index (χ0) is 27.0. The minimum Gasteiger partial charge on any atom is -0.548 e. The van der Waals surface area contributed by atoms with Gasteiger partial charge in [0.1, 0.15) is 0 Å². The number of nitrogens with one attached hydrogen (secondary N) is 3. The summed E-state index contributed by atoms with van der Waals surface area (Å²) in [6.07, 6.45) is -7.94. The molecule has 0 bridgehead atoms. The molecule has 0 aromatic heterocycles. The molecule has 0 radical (unpaired) electrons. The van der Waals surface area contributed by atoms with Crippen molar-refractivity contribution >= 4 is 35.6 Å². The Morgan fingerprint density at radius 2 is 0.865 bits per heavy atom. The summed E-state index contributed by atoms with van der Waals surface area (Å²) in [6, 6.07) is -6.12. The second-order valence-corrected chi connectivity index (χ2v) is 7.61. The number of carboxylic acid groups (broad SMARTS) is 3. The Morgan fingerprint density at radius 1 is 0.622 bits per heavy atom. The Hall–Kier alpha value is -0.340. The van der Waals surface area contributed by atoms with E-state index in [-0.39, 0.29) is 88.7 Å². The van der Waals surface area contributed by atoms with Crippen LogP contribution >= 0.6 is 0 Å². The normalized spacial score (nSPS) is 16.6. The first kappa shape index (κ1) is 43.7. The number of aliphatic carboxylic acids is 3. The number of carbonyl (C=O) groups excluding carboxylic acids is 6. The molecule has 0 aliphatic rings. The van der Waals surface area contributed by atoms with E-state index < -0.39 is 90.5 Å². The number of carboxylic acids is 3. The van der Waals surface area contributed by atoms with Crippen molar-refractivity contribution in [3.8, 4) is 0 Å². The SMILES string of the molecule is CC(O)C(NC(=O)CC(O)(CC(=O)NC(C(=O)[O-])C(C)O)C(=O)NC(C(=O)[O-])C(C)O)C(=O)[O-].[Na+].[Na+].[Na+]. The monoisotopic (exact) mass is 561 g/mol. The van der Waals surface area contributed by atoms with Crippen LogP contribution in [0.5, 0.6) is 0 Å². The van der Waals surface area contributed by atoms with Gasteiger partial charge in [0.15, 0.2) is 5.60 Å². The average Bonchev–Trinajstić information content (AvgIpc) is 2.66. The Morgan fingerprint density at radius 3 is 1.08 bits per heavy atom. The van der Waals surface area contributed by atoms with E-state index in [0.717, 1.165) is 20.8 Å². The van der Waals surface area contributed by atoms with Crippen LogP contribution in [0.4, 0.5) is 0 Å². The third-order valence-electron chi connectivity index (χ3n) is 4.46. The molecule has 6 atom stereocenters. The molecule has 0 saturated carbocycles. The predicted molar refractivity (Wildman–Crippen MR) is 100 cm³/mol. The van der Waals surface area contributed by atoms with E-state index in [2.05, 4.69) is 0 Å². The summed E-state index contributed by atoms with van der Waals surface area (Å²) < 4.78 is 0. The van der Waals surface area contributed by atoms with Gasteiger partial charge in [0.25, 0.3) is 5.91 Å². The molecule has 0 rings (SSSR count). The van der Waals surface area contributed by atoms with E-state index in [0.29, 0.717) is 0 Å². The van der Waals surface area contributed by atoms with E-state index in [9.17, 15) is 64.5 Å². The van der Waals surface area contributed by atoms with Crippen molar-refractivity contribution in [1.29, 1.82) is 0 Å². The molecule has 0 aromatic rings. The van der Waals surface area contributed by atoms with E-state index >= 15 is 0 Å². The van der Waals surface area contributed by atoms with Crippen molar-refractivity contribution in [2.75, 3.05) is 0 Å². The Balaban J connectivity index is -0.00000181. The molecular weight excluding hydrogens is 535 g/mol. The topological polar surface area (TPSA) is 289 Å². The van der Waals surface area contributed by atoms with Crippen molar-refractivity contribution < 1.29 is 153 Å². The first-order chi connectivity index (χ1) is 15.4. The molecule has 7 N–H and O–H groups in total. The van der Waals surface area contributed by atoms with Crippen LogP contribution in [0.15, 0.2) is 0 Å². The molecule has 0 aliphatic carbocycles. The summed E-state index contributed by atoms with van der Waals surface area (Å²) in [4.78, 5) is 70.2. The van der Waals surface area contributed by atoms with Gasteiger partial charge in [-0.15, -0.1) is 0 Å². The van der Waals surface area contributed by atoms with Crippen molar-refractivity contribution in [2.24, 2.45) is 0 Å². The molecule has 3 amide bonds. The van der Waals surface area contributed by atoms with Crippen LogP contribution in [0, 0.1) is 0 Å². The van der Waals surface area contributed by atoms with Gasteiger partial charge in [-0.05, 0) is 20.8 Å². The zero-order valence-electron chi connectivity index (χ0n) is 21.3. The fourth-order valence-corrected chi connectivity index (χ4v) is 2.61. The van der Waals surface area contributed by atoms with Gasteiger partial charge in [-0.3, -0.25) is 14.4 Å². The second-order valence-electron chi connectivity index (χ2n) is 7.61. The van der Waals surface area contributed by atoms with Crippen LogP contribution in [0.2, 0.25) is 0 Å². The van der Waals surface area contributed by atoms with Crippen LogP contribution in [-0.2, 0) is 28.8 Å². The van der Waals surface area contributed by atoms with Gasteiger partial charge in [0, 0.05) is 0 Å². The third-order valence-corrected chi connectivity index (χ3v) is 4.46. The Labute approximate surface area is 277 Å². The van der Waals surface area contributed by atoms with Crippen LogP contribution in [-0.4, -0.2) is 98.1 Å². The Kier molecular flexibility index (Phi) is 23.2. The van der Waals surface area contributed by atoms with E-state index in [1.165, 1.54) is 0 Å². The van der Waals surface area contributed by atoms with Crippen molar-refractivity contribution in [2.45, 2.75) is 75.7 Å². The van der Waals surface area contributed by atoms with Gasteiger partial charge >= 0.3 is 88.7 Å². The molecule has 0 aliphatic heterocycles. The van der Waals surface area contributed by atoms with Crippen molar-refractivity contribution in [3.63, 3.8) is 0 Å². The first-order valence-electron chi connectivity index (χ1n) is 9.71.